The first-order chi connectivity index (χ1) is 14.6. The fourth-order valence-corrected chi connectivity index (χ4v) is 3.64. The topological polar surface area (TPSA) is 94.9 Å². The summed E-state index contributed by atoms with van der Waals surface area (Å²) >= 11 is 0. The van der Waals surface area contributed by atoms with Crippen LogP contribution in [0.3, 0.4) is 0 Å². The number of benzene rings is 1. The summed E-state index contributed by atoms with van der Waals surface area (Å²) in [4.78, 5) is 16.9. The van der Waals surface area contributed by atoms with Crippen molar-refractivity contribution in [3.05, 3.63) is 46.7 Å². The van der Waals surface area contributed by atoms with Crippen LogP contribution in [0.4, 0.5) is 5.69 Å². The zero-order chi connectivity index (χ0) is 22.1. The van der Waals surface area contributed by atoms with Crippen LogP contribution >= 0.6 is 0 Å². The summed E-state index contributed by atoms with van der Waals surface area (Å²) in [5.41, 5.74) is 1.98. The first kappa shape index (κ1) is 22.7. The van der Waals surface area contributed by atoms with Crippen molar-refractivity contribution < 1.29 is 4.79 Å². The van der Waals surface area contributed by atoms with Gasteiger partial charge in [0.25, 0.3) is 5.91 Å². The van der Waals surface area contributed by atoms with E-state index in [0.29, 0.717) is 18.5 Å². The van der Waals surface area contributed by atoms with Crippen LogP contribution in [0.25, 0.3) is 5.57 Å². The molecule has 30 heavy (non-hydrogen) atoms. The molecule has 6 nitrogen and oxygen atoms in total. The van der Waals surface area contributed by atoms with Gasteiger partial charge in [-0.05, 0) is 37.0 Å². The van der Waals surface area contributed by atoms with Crippen molar-refractivity contribution in [2.45, 2.75) is 46.5 Å². The third-order valence-corrected chi connectivity index (χ3v) is 5.03. The molecule has 2 rings (SSSR count). The molecule has 0 bridgehead atoms. The molecule has 0 radical (unpaired) electrons. The molecule has 1 aliphatic rings. The maximum Gasteiger partial charge on any atom is 0.260 e. The predicted molar refractivity (Wildman–Crippen MR) is 117 cm³/mol. The molecule has 1 heterocycles. The van der Waals surface area contributed by atoms with Gasteiger partial charge >= 0.3 is 0 Å². The van der Waals surface area contributed by atoms with Gasteiger partial charge in [0.05, 0.1) is 16.8 Å². The monoisotopic (exact) mass is 401 g/mol. The van der Waals surface area contributed by atoms with E-state index >= 15 is 0 Å². The van der Waals surface area contributed by atoms with Crippen LogP contribution in [0.5, 0.6) is 0 Å². The summed E-state index contributed by atoms with van der Waals surface area (Å²) in [6.45, 7) is 8.53. The van der Waals surface area contributed by atoms with Gasteiger partial charge in [0.2, 0.25) is 0 Å². The van der Waals surface area contributed by atoms with Gasteiger partial charge in [-0.3, -0.25) is 4.79 Å². The van der Waals surface area contributed by atoms with Crippen molar-refractivity contribution in [1.82, 2.24) is 4.90 Å². The highest BCUT2D eigenvalue weighted by Crippen LogP contribution is 2.37. The Morgan fingerprint density at radius 1 is 0.967 bits per heavy atom. The van der Waals surface area contributed by atoms with E-state index in [0.717, 1.165) is 38.0 Å². The van der Waals surface area contributed by atoms with Crippen molar-refractivity contribution >= 4 is 17.2 Å². The molecular formula is C24H27N5O. The van der Waals surface area contributed by atoms with Gasteiger partial charge in [0, 0.05) is 25.3 Å². The number of carbonyl (C=O) groups excluding carboxylic acids is 1. The summed E-state index contributed by atoms with van der Waals surface area (Å²) < 4.78 is 0. The van der Waals surface area contributed by atoms with Crippen LogP contribution in [0.1, 0.15) is 52.0 Å². The molecule has 0 saturated heterocycles. The Labute approximate surface area is 178 Å². The molecule has 0 spiro atoms. The third-order valence-electron chi connectivity index (χ3n) is 5.03. The molecule has 0 N–H and O–H groups in total. The fraction of sp³-hybridized carbons (Fsp3) is 0.417. The van der Waals surface area contributed by atoms with Crippen LogP contribution in [0.15, 0.2) is 41.1 Å². The number of unbranched alkanes of at least 4 members (excludes halogenated alkanes) is 1. The minimum Gasteiger partial charge on any atom is -0.372 e. The lowest BCUT2D eigenvalue weighted by molar-refractivity contribution is -0.122. The van der Waals surface area contributed by atoms with E-state index in [1.807, 2.05) is 43.3 Å². The molecule has 1 amide bonds. The number of hydrogen-bond acceptors (Lipinski definition) is 5. The van der Waals surface area contributed by atoms with Crippen LogP contribution in [0.2, 0.25) is 0 Å². The molecule has 1 aliphatic heterocycles. The largest absolute Gasteiger partial charge is 0.372 e. The second-order valence-corrected chi connectivity index (χ2v) is 7.15. The van der Waals surface area contributed by atoms with Gasteiger partial charge in [0.15, 0.2) is 5.57 Å². The summed E-state index contributed by atoms with van der Waals surface area (Å²) in [6, 6.07) is 13.4. The number of carbonyl (C=O) groups is 1. The van der Waals surface area contributed by atoms with Crippen LogP contribution in [-0.2, 0) is 4.79 Å². The van der Waals surface area contributed by atoms with E-state index in [-0.39, 0.29) is 28.3 Å². The van der Waals surface area contributed by atoms with Crippen LogP contribution < -0.4 is 4.90 Å². The van der Waals surface area contributed by atoms with E-state index in [4.69, 9.17) is 0 Å². The highest BCUT2D eigenvalue weighted by atomic mass is 16.2. The summed E-state index contributed by atoms with van der Waals surface area (Å²) in [7, 11) is 0. The highest BCUT2D eigenvalue weighted by molar-refractivity contribution is 6.25. The first-order valence-corrected chi connectivity index (χ1v) is 10.4. The van der Waals surface area contributed by atoms with Gasteiger partial charge in [0.1, 0.15) is 18.2 Å². The lowest BCUT2D eigenvalue weighted by Crippen LogP contribution is -2.27. The maximum atomic E-state index is 13.2. The van der Waals surface area contributed by atoms with Crippen molar-refractivity contribution in [2.75, 3.05) is 24.5 Å². The van der Waals surface area contributed by atoms with Gasteiger partial charge in [-0.2, -0.15) is 15.8 Å². The SMILES string of the molecule is CCCCN1C(=O)C(c2ccc(N(CCC)CCC)cc2)=C(C#N)C1=C(C#N)C#N. The lowest BCUT2D eigenvalue weighted by Gasteiger charge is -2.24. The molecule has 0 fully saturated rings. The van der Waals surface area contributed by atoms with Gasteiger partial charge in [-0.15, -0.1) is 0 Å². The fourth-order valence-electron chi connectivity index (χ4n) is 3.64. The number of nitriles is 3. The minimum absolute atomic E-state index is 0.0981. The average molecular weight is 402 g/mol. The quantitative estimate of drug-likeness (QED) is 0.566. The highest BCUT2D eigenvalue weighted by Gasteiger charge is 2.38. The Kier molecular flexibility index (Phi) is 8.21. The Morgan fingerprint density at radius 2 is 1.57 bits per heavy atom. The summed E-state index contributed by atoms with van der Waals surface area (Å²) in [5, 5.41) is 28.6. The molecule has 0 saturated carbocycles. The second kappa shape index (κ2) is 10.8. The van der Waals surface area contributed by atoms with Crippen molar-refractivity contribution in [3.63, 3.8) is 0 Å². The summed E-state index contributed by atoms with van der Waals surface area (Å²) in [5.74, 6) is -0.329. The lowest BCUT2D eigenvalue weighted by atomic mass is 9.99. The van der Waals surface area contributed by atoms with Crippen molar-refractivity contribution in [1.29, 1.82) is 15.8 Å². The van der Waals surface area contributed by atoms with Gasteiger partial charge in [-0.1, -0.05) is 39.3 Å². The maximum absolute atomic E-state index is 13.2. The molecule has 0 atom stereocenters. The van der Waals surface area contributed by atoms with Crippen LogP contribution in [-0.4, -0.2) is 30.4 Å². The van der Waals surface area contributed by atoms with Crippen LogP contribution in [0, 0.1) is 34.0 Å². The molecule has 154 valence electrons. The number of anilines is 1. The van der Waals surface area contributed by atoms with E-state index in [1.165, 1.54) is 4.90 Å². The Balaban J connectivity index is 2.56. The molecule has 0 aromatic heterocycles. The van der Waals surface area contributed by atoms with Crippen molar-refractivity contribution in [2.24, 2.45) is 0 Å². The van der Waals surface area contributed by atoms with E-state index < -0.39 is 0 Å². The first-order valence-electron chi connectivity index (χ1n) is 10.4. The molecule has 1 aromatic rings. The molecule has 1 aromatic carbocycles. The number of nitrogens with zero attached hydrogens (tertiary/aromatic N) is 5. The second-order valence-electron chi connectivity index (χ2n) is 7.15. The third kappa shape index (κ3) is 4.53. The van der Waals surface area contributed by atoms with E-state index in [1.54, 1.807) is 0 Å². The zero-order valence-corrected chi connectivity index (χ0v) is 17.9. The Bertz CT molecular complexity index is 945. The van der Waals surface area contributed by atoms with Gasteiger partial charge in [-0.25, -0.2) is 0 Å². The number of rotatable bonds is 9. The minimum atomic E-state index is -0.329. The molecule has 0 aliphatic carbocycles. The predicted octanol–water partition coefficient (Wildman–Crippen LogP) is 4.53. The Morgan fingerprint density at radius 3 is 2.03 bits per heavy atom. The smallest absolute Gasteiger partial charge is 0.260 e. The Hall–Kier alpha value is -3.56. The molecular weight excluding hydrogens is 374 g/mol. The molecule has 0 unspecified atom stereocenters. The number of allylic oxidation sites excluding steroid dienone is 2. The average Bonchev–Trinajstić information content (AvgIpc) is 3.04. The molecule has 6 heteroatoms. The number of amides is 1. The van der Waals surface area contributed by atoms with Crippen molar-refractivity contribution in [3.8, 4) is 18.2 Å². The van der Waals surface area contributed by atoms with E-state index in [9.17, 15) is 20.6 Å². The summed E-state index contributed by atoms with van der Waals surface area (Å²) in [6.07, 6.45) is 3.64. The van der Waals surface area contributed by atoms with Gasteiger partial charge < -0.3 is 9.80 Å². The zero-order valence-electron chi connectivity index (χ0n) is 17.9. The van der Waals surface area contributed by atoms with E-state index in [2.05, 4.69) is 24.8 Å². The normalized spacial score (nSPS) is 13.1. The standard InChI is InChI=1S/C24H27N5O/c1-4-7-14-29-23(19(15-25)16-26)21(17-27)22(24(29)30)18-8-10-20(11-9-18)28(12-5-2)13-6-3/h8-11H,4-7,12-14H2,1-3H3. The number of hydrogen-bond donors (Lipinski definition) is 0.